The van der Waals surface area contributed by atoms with Crippen LogP contribution in [0, 0.1) is 19.7 Å². The fourth-order valence-corrected chi connectivity index (χ4v) is 1.99. The van der Waals surface area contributed by atoms with Crippen LogP contribution in [0.1, 0.15) is 21.5 Å². The van der Waals surface area contributed by atoms with Crippen LogP contribution in [0.2, 0.25) is 0 Å². The average Bonchev–Trinajstić information content (AvgIpc) is 2.36. The normalized spacial score (nSPS) is 10.3. The summed E-state index contributed by atoms with van der Waals surface area (Å²) in [6.07, 6.45) is 1.06. The minimum atomic E-state index is -0.462. The molecular weight excluding hydrogens is 311 g/mol. The van der Waals surface area contributed by atoms with E-state index in [0.29, 0.717) is 15.9 Å². The quantitative estimate of drug-likeness (QED) is 0.912. The lowest BCUT2D eigenvalue weighted by Gasteiger charge is -2.08. The van der Waals surface area contributed by atoms with Crippen LogP contribution in [0.25, 0.3) is 0 Å². The summed E-state index contributed by atoms with van der Waals surface area (Å²) in [5.41, 5.74) is 2.71. The third kappa shape index (κ3) is 3.17. The first-order valence-corrected chi connectivity index (χ1v) is 6.46. The van der Waals surface area contributed by atoms with Crippen molar-refractivity contribution in [2.45, 2.75) is 13.8 Å². The molecule has 1 aromatic carbocycles. The number of anilines is 1. The van der Waals surface area contributed by atoms with Gasteiger partial charge in [0.2, 0.25) is 0 Å². The molecule has 1 aromatic heterocycles. The molecule has 98 valence electrons. The van der Waals surface area contributed by atoms with Crippen LogP contribution >= 0.6 is 15.9 Å². The maximum Gasteiger partial charge on any atom is 0.256 e. The van der Waals surface area contributed by atoms with Crippen molar-refractivity contribution in [3.05, 3.63) is 57.4 Å². The predicted octanol–water partition coefficient (Wildman–Crippen LogP) is 3.85. The first-order chi connectivity index (χ1) is 8.97. The summed E-state index contributed by atoms with van der Waals surface area (Å²) in [5, 5.41) is 2.64. The molecule has 0 radical (unpaired) electrons. The van der Waals surface area contributed by atoms with Crippen LogP contribution < -0.4 is 5.32 Å². The zero-order valence-corrected chi connectivity index (χ0v) is 12.1. The highest BCUT2D eigenvalue weighted by atomic mass is 79.9. The second-order valence-electron chi connectivity index (χ2n) is 4.24. The molecule has 0 aliphatic rings. The van der Waals surface area contributed by atoms with Crippen LogP contribution in [0.4, 0.5) is 10.2 Å². The van der Waals surface area contributed by atoms with E-state index >= 15 is 0 Å². The summed E-state index contributed by atoms with van der Waals surface area (Å²) in [4.78, 5) is 15.9. The fraction of sp³-hybridized carbons (Fsp3) is 0.143. The van der Waals surface area contributed by atoms with Gasteiger partial charge in [-0.25, -0.2) is 9.37 Å². The van der Waals surface area contributed by atoms with E-state index in [9.17, 15) is 9.18 Å². The lowest BCUT2D eigenvalue weighted by Crippen LogP contribution is -2.13. The van der Waals surface area contributed by atoms with Gasteiger partial charge in [-0.05, 0) is 59.1 Å². The molecule has 0 aliphatic heterocycles. The molecule has 1 heterocycles. The molecule has 1 N–H and O–H groups in total. The lowest BCUT2D eigenvalue weighted by atomic mass is 10.1. The molecule has 5 heteroatoms. The van der Waals surface area contributed by atoms with Crippen molar-refractivity contribution in [1.82, 2.24) is 4.98 Å². The van der Waals surface area contributed by atoms with Crippen LogP contribution in [0.5, 0.6) is 0 Å². The fourth-order valence-electron chi connectivity index (χ4n) is 1.57. The van der Waals surface area contributed by atoms with E-state index < -0.39 is 5.82 Å². The Balaban J connectivity index is 2.23. The molecule has 0 bridgehead atoms. The maximum atomic E-state index is 12.9. The number of carbonyl (C=O) groups excluding carboxylic acids is 1. The van der Waals surface area contributed by atoms with Crippen molar-refractivity contribution < 1.29 is 9.18 Å². The molecule has 0 fully saturated rings. The maximum absolute atomic E-state index is 12.9. The Morgan fingerprint density at radius 2 is 2.00 bits per heavy atom. The van der Waals surface area contributed by atoms with Crippen LogP contribution in [-0.4, -0.2) is 10.9 Å². The zero-order chi connectivity index (χ0) is 14.0. The lowest BCUT2D eigenvalue weighted by molar-refractivity contribution is 0.102. The molecule has 1 amide bonds. The molecular formula is C14H12BrFN2O. The number of carbonyl (C=O) groups is 1. The molecule has 0 saturated heterocycles. The van der Waals surface area contributed by atoms with Crippen molar-refractivity contribution in [2.75, 3.05) is 5.32 Å². The Labute approximate surface area is 119 Å². The topological polar surface area (TPSA) is 42.0 Å². The third-order valence-corrected chi connectivity index (χ3v) is 3.41. The summed E-state index contributed by atoms with van der Waals surface area (Å²) in [7, 11) is 0. The first-order valence-electron chi connectivity index (χ1n) is 5.67. The molecule has 0 aliphatic carbocycles. The number of nitrogens with zero attached hydrogens (tertiary/aromatic N) is 1. The highest BCUT2D eigenvalue weighted by Crippen LogP contribution is 2.21. The number of nitrogens with one attached hydrogen (secondary N) is 1. The molecule has 0 saturated carbocycles. The molecule has 19 heavy (non-hydrogen) atoms. The van der Waals surface area contributed by atoms with Crippen molar-refractivity contribution in [1.29, 1.82) is 0 Å². The van der Waals surface area contributed by atoms with Crippen molar-refractivity contribution >= 4 is 27.7 Å². The average molecular weight is 323 g/mol. The van der Waals surface area contributed by atoms with Crippen LogP contribution in [-0.2, 0) is 0 Å². The van der Waals surface area contributed by atoms with Gasteiger partial charge in [-0.3, -0.25) is 4.79 Å². The Morgan fingerprint density at radius 3 is 2.63 bits per heavy atom. The smallest absolute Gasteiger partial charge is 0.256 e. The number of hydrogen-bond donors (Lipinski definition) is 1. The minimum absolute atomic E-state index is 0.275. The summed E-state index contributed by atoms with van der Waals surface area (Å²) in [6.45, 7) is 3.92. The minimum Gasteiger partial charge on any atom is -0.306 e. The number of benzene rings is 1. The van der Waals surface area contributed by atoms with Crippen molar-refractivity contribution in [3.8, 4) is 0 Å². The molecule has 3 nitrogen and oxygen atoms in total. The van der Waals surface area contributed by atoms with E-state index in [-0.39, 0.29) is 5.91 Å². The molecule has 0 spiro atoms. The van der Waals surface area contributed by atoms with Gasteiger partial charge in [0.1, 0.15) is 11.6 Å². The first kappa shape index (κ1) is 13.7. The second-order valence-corrected chi connectivity index (χ2v) is 5.09. The molecule has 0 unspecified atom stereocenters. The zero-order valence-electron chi connectivity index (χ0n) is 10.5. The van der Waals surface area contributed by atoms with E-state index in [2.05, 4.69) is 26.2 Å². The highest BCUT2D eigenvalue weighted by Gasteiger charge is 2.10. The monoisotopic (exact) mass is 322 g/mol. The molecule has 2 rings (SSSR count). The Bertz CT molecular complexity index is 643. The van der Waals surface area contributed by atoms with Crippen molar-refractivity contribution in [2.24, 2.45) is 0 Å². The summed E-state index contributed by atoms with van der Waals surface area (Å²) in [6, 6.07) is 6.69. The summed E-state index contributed by atoms with van der Waals surface area (Å²) >= 11 is 3.16. The van der Waals surface area contributed by atoms with Crippen molar-refractivity contribution in [3.63, 3.8) is 0 Å². The number of halogens is 2. The Morgan fingerprint density at radius 1 is 1.26 bits per heavy atom. The van der Waals surface area contributed by atoms with Gasteiger partial charge >= 0.3 is 0 Å². The van der Waals surface area contributed by atoms with E-state index in [1.165, 1.54) is 6.07 Å². The van der Waals surface area contributed by atoms with E-state index in [0.717, 1.165) is 17.3 Å². The standard InChI is InChI=1S/C14H12BrFN2O/c1-8-3-4-10(5-9(8)2)14(19)18-13-12(15)6-11(16)7-17-13/h3-7H,1-2H3,(H,17,18,19). The number of pyridine rings is 1. The van der Waals surface area contributed by atoms with E-state index in [4.69, 9.17) is 0 Å². The van der Waals surface area contributed by atoms with Gasteiger partial charge in [-0.2, -0.15) is 0 Å². The largest absolute Gasteiger partial charge is 0.306 e. The van der Waals surface area contributed by atoms with E-state index in [1.807, 2.05) is 26.0 Å². The number of aryl methyl sites for hydroxylation is 2. The van der Waals surface area contributed by atoms with E-state index in [1.54, 1.807) is 6.07 Å². The number of amides is 1. The van der Waals surface area contributed by atoms with Crippen LogP contribution in [0.15, 0.2) is 34.9 Å². The number of hydrogen-bond acceptors (Lipinski definition) is 2. The van der Waals surface area contributed by atoms with Gasteiger partial charge in [0.25, 0.3) is 5.91 Å². The highest BCUT2D eigenvalue weighted by molar-refractivity contribution is 9.10. The van der Waals surface area contributed by atoms with Crippen LogP contribution in [0.3, 0.4) is 0 Å². The Hall–Kier alpha value is -1.75. The second kappa shape index (κ2) is 5.48. The molecule has 0 atom stereocenters. The number of rotatable bonds is 2. The number of aromatic nitrogens is 1. The SMILES string of the molecule is Cc1ccc(C(=O)Nc2ncc(F)cc2Br)cc1C. The van der Waals surface area contributed by atoms with Gasteiger partial charge in [0.15, 0.2) is 0 Å². The molecule has 2 aromatic rings. The summed E-state index contributed by atoms with van der Waals surface area (Å²) in [5.74, 6) is -0.441. The summed E-state index contributed by atoms with van der Waals surface area (Å²) < 4.78 is 13.3. The van der Waals surface area contributed by atoms with Gasteiger partial charge in [0, 0.05) is 5.56 Å². The Kier molecular flexibility index (Phi) is 3.95. The van der Waals surface area contributed by atoms with Gasteiger partial charge < -0.3 is 5.32 Å². The van der Waals surface area contributed by atoms with Gasteiger partial charge in [-0.1, -0.05) is 6.07 Å². The van der Waals surface area contributed by atoms with Gasteiger partial charge in [0.05, 0.1) is 10.7 Å². The third-order valence-electron chi connectivity index (χ3n) is 2.81. The predicted molar refractivity (Wildman–Crippen MR) is 75.8 cm³/mol. The van der Waals surface area contributed by atoms with Gasteiger partial charge in [-0.15, -0.1) is 0 Å².